The van der Waals surface area contributed by atoms with Crippen LogP contribution in [-0.4, -0.2) is 4.98 Å². The first kappa shape index (κ1) is 32.7. The van der Waals surface area contributed by atoms with Crippen LogP contribution in [0.4, 0.5) is 17.1 Å². The largest absolute Gasteiger partial charge is 0.456 e. The van der Waals surface area contributed by atoms with Crippen molar-refractivity contribution in [1.29, 1.82) is 0 Å². The maximum Gasteiger partial charge on any atom is 0.136 e. The van der Waals surface area contributed by atoms with E-state index in [2.05, 4.69) is 169 Å². The second-order valence-electron chi connectivity index (χ2n) is 14.8. The number of rotatable bonds is 6. The van der Waals surface area contributed by atoms with Crippen LogP contribution in [-0.2, 0) is 0 Å². The molecule has 0 spiro atoms. The Kier molecular flexibility index (Phi) is 7.37. The summed E-state index contributed by atoms with van der Waals surface area (Å²) in [5, 5.41) is 7.00. The summed E-state index contributed by atoms with van der Waals surface area (Å²) in [4.78, 5) is 7.22. The fraction of sp³-hybridized carbons (Fsp3) is 0. The highest BCUT2D eigenvalue weighted by Crippen LogP contribution is 2.40. The van der Waals surface area contributed by atoms with Crippen LogP contribution in [0.3, 0.4) is 0 Å². The molecule has 0 bridgehead atoms. The molecular weight excluding hydrogens is 729 g/mol. The van der Waals surface area contributed by atoms with Crippen LogP contribution in [0.2, 0.25) is 0 Å². The summed E-state index contributed by atoms with van der Waals surface area (Å²) < 4.78 is 15.0. The molecule has 58 heavy (non-hydrogen) atoms. The minimum Gasteiger partial charge on any atom is -0.456 e. The Balaban J connectivity index is 0.911. The van der Waals surface area contributed by atoms with Gasteiger partial charge in [-0.3, -0.25) is 4.98 Å². The minimum atomic E-state index is 0.894. The maximum atomic E-state index is 6.23. The second kappa shape index (κ2) is 13.1. The van der Waals surface area contributed by atoms with Gasteiger partial charge in [-0.15, -0.1) is 11.3 Å². The van der Waals surface area contributed by atoms with Crippen LogP contribution >= 0.6 is 11.3 Å². The number of thiophene rings is 1. The van der Waals surface area contributed by atoms with Crippen molar-refractivity contribution < 1.29 is 8.83 Å². The first-order chi connectivity index (χ1) is 28.7. The third-order valence-electron chi connectivity index (χ3n) is 11.4. The van der Waals surface area contributed by atoms with Gasteiger partial charge in [-0.05, 0) is 107 Å². The van der Waals surface area contributed by atoms with Crippen LogP contribution in [0.1, 0.15) is 0 Å². The molecule has 0 radical (unpaired) electrons. The predicted octanol–water partition coefficient (Wildman–Crippen LogP) is 15.7. The van der Waals surface area contributed by atoms with E-state index in [1.54, 1.807) is 0 Å². The molecule has 4 heterocycles. The zero-order chi connectivity index (χ0) is 38.2. The molecule has 0 saturated carbocycles. The highest BCUT2D eigenvalue weighted by molar-refractivity contribution is 7.25. The Labute approximate surface area is 337 Å². The molecule has 12 rings (SSSR count). The maximum absolute atomic E-state index is 6.23. The molecule has 0 N–H and O–H groups in total. The van der Waals surface area contributed by atoms with Crippen molar-refractivity contribution in [2.75, 3.05) is 4.90 Å². The number of hydrogen-bond acceptors (Lipinski definition) is 5. The van der Waals surface area contributed by atoms with Crippen LogP contribution in [0.5, 0.6) is 0 Å². The second-order valence-corrected chi connectivity index (χ2v) is 15.8. The molecular formula is C53H32N2O2S. The number of fused-ring (bicyclic) bond motifs is 9. The van der Waals surface area contributed by atoms with Crippen molar-refractivity contribution in [1.82, 2.24) is 4.98 Å². The van der Waals surface area contributed by atoms with E-state index in [1.807, 2.05) is 41.8 Å². The summed E-state index contributed by atoms with van der Waals surface area (Å²) in [5.74, 6) is 0. The number of benzene rings is 8. The number of para-hydroxylation sites is 2. The lowest BCUT2D eigenvalue weighted by molar-refractivity contribution is 0.668. The summed E-state index contributed by atoms with van der Waals surface area (Å²) in [6, 6.07) is 66.5. The minimum absolute atomic E-state index is 0.894. The van der Waals surface area contributed by atoms with E-state index in [9.17, 15) is 0 Å². The van der Waals surface area contributed by atoms with Gasteiger partial charge in [0.2, 0.25) is 0 Å². The standard InChI is InChI=1S/C53H32N2O2S/c1-4-10-48-41(7-1)43-27-19-36(29-50(43)56-48)33-13-21-38(22-14-33)55(39-23-15-34(16-24-39)37-20-28-44-42-8-2-5-11-49(42)57-51(44)30-37)40-25-17-35(18-26-40)47-31-53-46(32-54-47)45-9-3-6-12-52(45)58-53/h1-32H. The molecule has 0 aliphatic heterocycles. The molecule has 4 aromatic heterocycles. The first-order valence-corrected chi connectivity index (χ1v) is 20.2. The highest BCUT2D eigenvalue weighted by atomic mass is 32.1. The summed E-state index contributed by atoms with van der Waals surface area (Å²) in [5.41, 5.74) is 13.3. The van der Waals surface area contributed by atoms with Crippen molar-refractivity contribution >= 4 is 92.4 Å². The molecule has 12 aromatic rings. The average molecular weight is 761 g/mol. The number of pyridine rings is 1. The van der Waals surface area contributed by atoms with Crippen molar-refractivity contribution in [2.45, 2.75) is 0 Å². The van der Waals surface area contributed by atoms with Crippen LogP contribution in [0.15, 0.2) is 203 Å². The molecule has 0 aliphatic carbocycles. The molecule has 5 heteroatoms. The van der Waals surface area contributed by atoms with E-state index in [0.29, 0.717) is 0 Å². The number of aromatic nitrogens is 1. The molecule has 4 nitrogen and oxygen atoms in total. The van der Waals surface area contributed by atoms with Crippen molar-refractivity contribution in [2.24, 2.45) is 0 Å². The van der Waals surface area contributed by atoms with Gasteiger partial charge in [-0.2, -0.15) is 0 Å². The van der Waals surface area contributed by atoms with E-state index in [0.717, 1.165) is 94.5 Å². The molecule has 0 aliphatic rings. The molecule has 272 valence electrons. The monoisotopic (exact) mass is 760 g/mol. The molecule has 0 saturated heterocycles. The Morgan fingerprint density at radius 2 is 0.793 bits per heavy atom. The highest BCUT2D eigenvalue weighted by Gasteiger charge is 2.16. The topological polar surface area (TPSA) is 42.4 Å². The molecule has 0 amide bonds. The quantitative estimate of drug-likeness (QED) is 0.169. The summed E-state index contributed by atoms with van der Waals surface area (Å²) in [6.07, 6.45) is 2.02. The number of hydrogen-bond donors (Lipinski definition) is 0. The molecule has 8 aromatic carbocycles. The Hall–Kier alpha value is -7.47. The van der Waals surface area contributed by atoms with Gasteiger partial charge in [0, 0.05) is 70.5 Å². The van der Waals surface area contributed by atoms with E-state index < -0.39 is 0 Å². The number of furan rings is 2. The predicted molar refractivity (Wildman–Crippen MR) is 243 cm³/mol. The number of nitrogens with zero attached hydrogens (tertiary/aromatic N) is 2. The van der Waals surface area contributed by atoms with Crippen molar-refractivity contribution in [3.63, 3.8) is 0 Å². The van der Waals surface area contributed by atoms with Gasteiger partial charge >= 0.3 is 0 Å². The Bertz CT molecular complexity index is 3130. The Morgan fingerprint density at radius 1 is 0.345 bits per heavy atom. The van der Waals surface area contributed by atoms with Gasteiger partial charge in [-0.1, -0.05) is 103 Å². The first-order valence-electron chi connectivity index (χ1n) is 19.4. The average Bonchev–Trinajstić information content (AvgIpc) is 3.97. The fourth-order valence-electron chi connectivity index (χ4n) is 8.42. The zero-order valence-corrected chi connectivity index (χ0v) is 31.9. The van der Waals surface area contributed by atoms with Gasteiger partial charge in [0.1, 0.15) is 22.3 Å². The van der Waals surface area contributed by atoms with Crippen molar-refractivity contribution in [3.8, 4) is 33.5 Å². The SMILES string of the molecule is c1ccc2c(c1)oc1cc(-c3ccc(N(c4ccc(-c5ccc6c(c5)oc5ccccc56)cc4)c4ccc(-c5cc6sc7ccccc7c6cn5)cc4)cc3)ccc12. The molecule has 0 unspecified atom stereocenters. The van der Waals surface area contributed by atoms with E-state index >= 15 is 0 Å². The lowest BCUT2D eigenvalue weighted by Gasteiger charge is -2.26. The molecule has 0 atom stereocenters. The lowest BCUT2D eigenvalue weighted by Crippen LogP contribution is -2.09. The fourth-order valence-corrected chi connectivity index (χ4v) is 9.54. The Morgan fingerprint density at radius 3 is 1.34 bits per heavy atom. The molecule has 0 fully saturated rings. The lowest BCUT2D eigenvalue weighted by atomic mass is 10.0. The van der Waals surface area contributed by atoms with Crippen molar-refractivity contribution in [3.05, 3.63) is 194 Å². The third-order valence-corrected chi connectivity index (χ3v) is 12.5. The smallest absolute Gasteiger partial charge is 0.136 e. The van der Waals surface area contributed by atoms with Gasteiger partial charge in [-0.25, -0.2) is 0 Å². The number of anilines is 3. The van der Waals surface area contributed by atoms with Crippen LogP contribution in [0.25, 0.3) is 97.6 Å². The van der Waals surface area contributed by atoms with Gasteiger partial charge in [0.25, 0.3) is 0 Å². The van der Waals surface area contributed by atoms with E-state index in [-0.39, 0.29) is 0 Å². The summed E-state index contributed by atoms with van der Waals surface area (Å²) in [6.45, 7) is 0. The summed E-state index contributed by atoms with van der Waals surface area (Å²) in [7, 11) is 0. The zero-order valence-electron chi connectivity index (χ0n) is 31.1. The normalized spacial score (nSPS) is 11.8. The van der Waals surface area contributed by atoms with Crippen LogP contribution in [0, 0.1) is 0 Å². The van der Waals surface area contributed by atoms with E-state index in [4.69, 9.17) is 13.8 Å². The van der Waals surface area contributed by atoms with Gasteiger partial charge in [0.05, 0.1) is 5.69 Å². The van der Waals surface area contributed by atoms with Gasteiger partial charge < -0.3 is 13.7 Å². The third kappa shape index (κ3) is 5.40. The van der Waals surface area contributed by atoms with Crippen LogP contribution < -0.4 is 4.90 Å². The summed E-state index contributed by atoms with van der Waals surface area (Å²) >= 11 is 1.82. The van der Waals surface area contributed by atoms with E-state index in [1.165, 1.54) is 20.2 Å². The van der Waals surface area contributed by atoms with Gasteiger partial charge in [0.15, 0.2) is 0 Å².